The van der Waals surface area contributed by atoms with E-state index in [9.17, 15) is 5.11 Å². The highest BCUT2D eigenvalue weighted by Gasteiger charge is 2.39. The summed E-state index contributed by atoms with van der Waals surface area (Å²) in [6.07, 6.45) is 0. The van der Waals surface area contributed by atoms with Crippen molar-refractivity contribution in [1.29, 1.82) is 0 Å². The van der Waals surface area contributed by atoms with E-state index in [4.69, 9.17) is 0 Å². The minimum atomic E-state index is -0.952. The highest BCUT2D eigenvalue weighted by Crippen LogP contribution is 2.41. The quantitative estimate of drug-likeness (QED) is 0.888. The third-order valence-electron chi connectivity index (χ3n) is 3.84. The van der Waals surface area contributed by atoms with Crippen molar-refractivity contribution in [3.8, 4) is 0 Å². The maximum atomic E-state index is 11.0. The summed E-state index contributed by atoms with van der Waals surface area (Å²) in [4.78, 5) is 0. The molecule has 0 amide bonds. The largest absolute Gasteiger partial charge is 0.383 e. The van der Waals surface area contributed by atoms with Crippen LogP contribution in [0.25, 0.3) is 0 Å². The van der Waals surface area contributed by atoms with Gasteiger partial charge in [0.25, 0.3) is 0 Å². The molecule has 1 aliphatic rings. The molecule has 0 aliphatic carbocycles. The van der Waals surface area contributed by atoms with Crippen LogP contribution in [0.5, 0.6) is 0 Å². The number of fused-ring (bicyclic) bond motifs is 1. The van der Waals surface area contributed by atoms with Crippen LogP contribution in [0, 0.1) is 0 Å². The van der Waals surface area contributed by atoms with Gasteiger partial charge in [-0.15, -0.1) is 0 Å². The number of benzene rings is 2. The topological polar surface area (TPSA) is 32.3 Å². The van der Waals surface area contributed by atoms with Crippen molar-refractivity contribution in [3.63, 3.8) is 0 Å². The van der Waals surface area contributed by atoms with Crippen molar-refractivity contribution < 1.29 is 5.11 Å². The average Bonchev–Trinajstić information content (AvgIpc) is 2.83. The van der Waals surface area contributed by atoms with Crippen molar-refractivity contribution in [2.75, 3.05) is 0 Å². The zero-order valence-electron chi connectivity index (χ0n) is 10.7. The predicted molar refractivity (Wildman–Crippen MR) is 79.7 cm³/mol. The van der Waals surface area contributed by atoms with Gasteiger partial charge in [-0.25, -0.2) is 0 Å². The molecule has 0 saturated heterocycles. The fraction of sp³-hybridized carbons (Fsp3) is 0.250. The van der Waals surface area contributed by atoms with Crippen molar-refractivity contribution in [2.24, 2.45) is 0 Å². The van der Waals surface area contributed by atoms with Gasteiger partial charge in [0.05, 0.1) is 6.04 Å². The van der Waals surface area contributed by atoms with E-state index in [0.717, 1.165) is 16.6 Å². The van der Waals surface area contributed by atoms with Gasteiger partial charge in [-0.1, -0.05) is 58.4 Å². The first-order valence-corrected chi connectivity index (χ1v) is 7.18. The Balaban J connectivity index is 2.05. The Morgan fingerprint density at radius 1 is 1.16 bits per heavy atom. The summed E-state index contributed by atoms with van der Waals surface area (Å²) in [5, 5.41) is 14.4. The van der Waals surface area contributed by atoms with Gasteiger partial charge < -0.3 is 10.4 Å². The van der Waals surface area contributed by atoms with Gasteiger partial charge in [0.15, 0.2) is 0 Å². The minimum Gasteiger partial charge on any atom is -0.383 e. The van der Waals surface area contributed by atoms with E-state index in [0.29, 0.717) is 0 Å². The van der Waals surface area contributed by atoms with E-state index >= 15 is 0 Å². The van der Waals surface area contributed by atoms with Crippen molar-refractivity contribution in [3.05, 3.63) is 69.7 Å². The fourth-order valence-corrected chi connectivity index (χ4v) is 3.51. The van der Waals surface area contributed by atoms with Crippen LogP contribution < -0.4 is 5.32 Å². The third-order valence-corrected chi connectivity index (χ3v) is 4.54. The molecule has 19 heavy (non-hydrogen) atoms. The first-order chi connectivity index (χ1) is 9.10. The lowest BCUT2D eigenvalue weighted by molar-refractivity contribution is 0.0170. The molecule has 0 aromatic heterocycles. The lowest BCUT2D eigenvalue weighted by atomic mass is 9.84. The molecule has 2 aromatic rings. The van der Waals surface area contributed by atoms with Gasteiger partial charge in [0.2, 0.25) is 0 Å². The van der Waals surface area contributed by atoms with Gasteiger partial charge in [-0.3, -0.25) is 0 Å². The molecule has 98 valence electrons. The fourth-order valence-electron chi connectivity index (χ4n) is 2.83. The van der Waals surface area contributed by atoms with Crippen LogP contribution in [0.15, 0.2) is 53.0 Å². The number of nitrogens with one attached hydrogen (secondary N) is 1. The number of hydrogen-bond acceptors (Lipinski definition) is 2. The molecule has 3 rings (SSSR count). The molecule has 2 unspecified atom stereocenters. The van der Waals surface area contributed by atoms with Crippen LogP contribution in [0.4, 0.5) is 0 Å². The van der Waals surface area contributed by atoms with Gasteiger partial charge in [0.1, 0.15) is 5.60 Å². The van der Waals surface area contributed by atoms with Crippen molar-refractivity contribution in [2.45, 2.75) is 25.1 Å². The second-order valence-corrected chi connectivity index (χ2v) is 5.99. The molecular formula is C16H16BrNO. The maximum absolute atomic E-state index is 11.0. The zero-order chi connectivity index (χ0) is 13.5. The number of hydrogen-bond donors (Lipinski definition) is 2. The second kappa shape index (κ2) is 4.75. The van der Waals surface area contributed by atoms with Crippen LogP contribution in [0.1, 0.15) is 29.7 Å². The molecule has 0 spiro atoms. The second-order valence-electron chi connectivity index (χ2n) is 5.14. The van der Waals surface area contributed by atoms with Crippen LogP contribution in [-0.2, 0) is 12.1 Å². The van der Waals surface area contributed by atoms with Gasteiger partial charge >= 0.3 is 0 Å². The Bertz CT molecular complexity index is 609. The lowest BCUT2D eigenvalue weighted by Crippen LogP contribution is -2.36. The number of rotatable bonds is 2. The molecule has 2 aromatic carbocycles. The summed E-state index contributed by atoms with van der Waals surface area (Å²) in [6.45, 7) is 2.67. The molecule has 2 atom stereocenters. The van der Waals surface area contributed by atoms with Crippen molar-refractivity contribution in [1.82, 2.24) is 5.32 Å². The SMILES string of the molecule is CC(O)(c1ccccc1Br)C1NCc2ccccc21. The number of aliphatic hydroxyl groups is 1. The third kappa shape index (κ3) is 2.12. The first kappa shape index (κ1) is 12.9. The van der Waals surface area contributed by atoms with E-state index in [2.05, 4.69) is 33.4 Å². The highest BCUT2D eigenvalue weighted by atomic mass is 79.9. The minimum absolute atomic E-state index is 0.0811. The number of halogens is 1. The summed E-state index contributed by atoms with van der Waals surface area (Å²) in [5.74, 6) is 0. The monoisotopic (exact) mass is 317 g/mol. The van der Waals surface area contributed by atoms with Crippen LogP contribution >= 0.6 is 15.9 Å². The first-order valence-electron chi connectivity index (χ1n) is 6.39. The molecule has 0 saturated carbocycles. The van der Waals surface area contributed by atoms with Gasteiger partial charge in [0, 0.05) is 11.0 Å². The Morgan fingerprint density at radius 2 is 1.84 bits per heavy atom. The van der Waals surface area contributed by atoms with E-state index in [-0.39, 0.29) is 6.04 Å². The van der Waals surface area contributed by atoms with E-state index < -0.39 is 5.60 Å². The Labute approximate surface area is 121 Å². The Hall–Kier alpha value is -1.16. The summed E-state index contributed by atoms with van der Waals surface area (Å²) < 4.78 is 0.936. The zero-order valence-corrected chi connectivity index (χ0v) is 12.3. The summed E-state index contributed by atoms with van der Waals surface area (Å²) in [6, 6.07) is 16.0. The van der Waals surface area contributed by atoms with Crippen LogP contribution in [0.2, 0.25) is 0 Å². The molecule has 0 fully saturated rings. The Kier molecular flexibility index (Phi) is 3.21. The molecular weight excluding hydrogens is 302 g/mol. The molecule has 1 heterocycles. The normalized spacial score (nSPS) is 20.9. The van der Waals surface area contributed by atoms with Gasteiger partial charge in [-0.05, 0) is 29.7 Å². The summed E-state index contributed by atoms with van der Waals surface area (Å²) in [5.41, 5.74) is 2.40. The van der Waals surface area contributed by atoms with Crippen LogP contribution in [-0.4, -0.2) is 5.11 Å². The predicted octanol–water partition coefficient (Wildman–Crippen LogP) is 3.50. The van der Waals surface area contributed by atoms with Crippen LogP contribution in [0.3, 0.4) is 0 Å². The molecule has 1 aliphatic heterocycles. The highest BCUT2D eigenvalue weighted by molar-refractivity contribution is 9.10. The van der Waals surface area contributed by atoms with E-state index in [1.807, 2.05) is 43.3 Å². The van der Waals surface area contributed by atoms with Gasteiger partial charge in [-0.2, -0.15) is 0 Å². The summed E-state index contributed by atoms with van der Waals surface area (Å²) in [7, 11) is 0. The molecule has 0 bridgehead atoms. The Morgan fingerprint density at radius 3 is 2.63 bits per heavy atom. The smallest absolute Gasteiger partial charge is 0.107 e. The molecule has 2 nitrogen and oxygen atoms in total. The van der Waals surface area contributed by atoms with E-state index in [1.54, 1.807) is 0 Å². The molecule has 0 radical (unpaired) electrons. The maximum Gasteiger partial charge on any atom is 0.107 e. The lowest BCUT2D eigenvalue weighted by Gasteiger charge is -2.32. The molecule has 2 N–H and O–H groups in total. The van der Waals surface area contributed by atoms with Crippen molar-refractivity contribution >= 4 is 15.9 Å². The standard InChI is InChI=1S/C16H16BrNO/c1-16(19,13-8-4-5-9-14(13)17)15-12-7-3-2-6-11(12)10-18-15/h2-9,15,18-19H,10H2,1H3. The summed E-state index contributed by atoms with van der Waals surface area (Å²) >= 11 is 3.53. The molecule has 3 heteroatoms. The average molecular weight is 318 g/mol. The van der Waals surface area contributed by atoms with E-state index in [1.165, 1.54) is 11.1 Å².